The molecule has 0 atom stereocenters. The third kappa shape index (κ3) is 3.34. The molecule has 110 valence electrons. The lowest BCUT2D eigenvalue weighted by atomic mass is 10.1. The molecular formula is C15H17FN4O. The molecule has 0 saturated heterocycles. The average molecular weight is 288 g/mol. The minimum absolute atomic E-state index is 0.102. The molecule has 0 aliphatic rings. The number of nitrogens with zero attached hydrogens (tertiary/aromatic N) is 2. The SMILES string of the molecule is CC(C)Cn1nc(-c2ccc(F)cc2)cc(C(=N)N)c1=O. The van der Waals surface area contributed by atoms with Crippen LogP contribution in [0.25, 0.3) is 11.3 Å². The summed E-state index contributed by atoms with van der Waals surface area (Å²) in [5, 5.41) is 11.8. The van der Waals surface area contributed by atoms with E-state index < -0.39 is 0 Å². The molecule has 0 aliphatic carbocycles. The summed E-state index contributed by atoms with van der Waals surface area (Å²) >= 11 is 0. The first-order chi connectivity index (χ1) is 9.88. The van der Waals surface area contributed by atoms with Crippen molar-refractivity contribution in [3.05, 3.63) is 52.1 Å². The zero-order valence-corrected chi connectivity index (χ0v) is 11.9. The van der Waals surface area contributed by atoms with Gasteiger partial charge in [-0.3, -0.25) is 10.2 Å². The third-order valence-corrected chi connectivity index (χ3v) is 2.94. The molecular weight excluding hydrogens is 271 g/mol. The summed E-state index contributed by atoms with van der Waals surface area (Å²) in [6.45, 7) is 4.35. The van der Waals surface area contributed by atoms with Gasteiger partial charge in [-0.05, 0) is 36.2 Å². The van der Waals surface area contributed by atoms with E-state index in [0.717, 1.165) is 0 Å². The first kappa shape index (κ1) is 14.9. The highest BCUT2D eigenvalue weighted by Gasteiger charge is 2.13. The molecule has 0 radical (unpaired) electrons. The Hall–Kier alpha value is -2.50. The van der Waals surface area contributed by atoms with Gasteiger partial charge in [-0.15, -0.1) is 0 Å². The summed E-state index contributed by atoms with van der Waals surface area (Å²) in [6, 6.07) is 7.26. The number of benzene rings is 1. The molecule has 0 aliphatic heterocycles. The second-order valence-electron chi connectivity index (χ2n) is 5.24. The number of nitrogens with two attached hydrogens (primary N) is 1. The monoisotopic (exact) mass is 288 g/mol. The molecule has 0 saturated carbocycles. The Labute approximate surface area is 121 Å². The second kappa shape index (κ2) is 5.87. The van der Waals surface area contributed by atoms with E-state index in [0.29, 0.717) is 17.8 Å². The number of rotatable bonds is 4. The molecule has 0 unspecified atom stereocenters. The van der Waals surface area contributed by atoms with Crippen molar-refractivity contribution < 1.29 is 4.39 Å². The maximum Gasteiger partial charge on any atom is 0.277 e. The Kier molecular flexibility index (Phi) is 4.16. The smallest absolute Gasteiger partial charge is 0.277 e. The van der Waals surface area contributed by atoms with Crippen LogP contribution in [0.2, 0.25) is 0 Å². The predicted molar refractivity (Wildman–Crippen MR) is 79.7 cm³/mol. The number of amidine groups is 1. The highest BCUT2D eigenvalue weighted by molar-refractivity contribution is 5.95. The number of halogens is 1. The summed E-state index contributed by atoms with van der Waals surface area (Å²) in [6.07, 6.45) is 0. The van der Waals surface area contributed by atoms with Crippen LogP contribution in [0.15, 0.2) is 35.1 Å². The van der Waals surface area contributed by atoms with E-state index >= 15 is 0 Å². The molecule has 0 fully saturated rings. The first-order valence-electron chi connectivity index (χ1n) is 6.61. The lowest BCUT2D eigenvalue weighted by Gasteiger charge is -2.12. The highest BCUT2D eigenvalue weighted by atomic mass is 19.1. The summed E-state index contributed by atoms with van der Waals surface area (Å²) in [5.41, 5.74) is 6.33. The van der Waals surface area contributed by atoms with Gasteiger partial charge >= 0.3 is 0 Å². The van der Waals surface area contributed by atoms with E-state index in [1.54, 1.807) is 12.1 Å². The molecule has 1 aromatic carbocycles. The number of hydrogen-bond donors (Lipinski definition) is 2. The Morgan fingerprint density at radius 2 is 2.00 bits per heavy atom. The molecule has 2 aromatic rings. The van der Waals surface area contributed by atoms with Crippen LogP contribution in [0.5, 0.6) is 0 Å². The predicted octanol–water partition coefficient (Wildman–Crippen LogP) is 1.99. The molecule has 1 aromatic heterocycles. The lowest BCUT2D eigenvalue weighted by Crippen LogP contribution is -2.32. The van der Waals surface area contributed by atoms with Gasteiger partial charge < -0.3 is 5.73 Å². The first-order valence-corrected chi connectivity index (χ1v) is 6.61. The van der Waals surface area contributed by atoms with Crippen molar-refractivity contribution in [1.29, 1.82) is 5.41 Å². The van der Waals surface area contributed by atoms with Gasteiger partial charge in [-0.25, -0.2) is 9.07 Å². The van der Waals surface area contributed by atoms with Crippen molar-refractivity contribution in [1.82, 2.24) is 9.78 Å². The Balaban J connectivity index is 2.61. The Bertz CT molecular complexity index is 719. The fourth-order valence-corrected chi connectivity index (χ4v) is 1.97. The third-order valence-electron chi connectivity index (χ3n) is 2.94. The van der Waals surface area contributed by atoms with E-state index in [-0.39, 0.29) is 28.7 Å². The Morgan fingerprint density at radius 1 is 1.38 bits per heavy atom. The lowest BCUT2D eigenvalue weighted by molar-refractivity contribution is 0.465. The second-order valence-corrected chi connectivity index (χ2v) is 5.24. The van der Waals surface area contributed by atoms with Gasteiger partial charge in [0, 0.05) is 12.1 Å². The minimum atomic E-state index is -0.387. The quantitative estimate of drug-likeness (QED) is 0.666. The van der Waals surface area contributed by atoms with Gasteiger partial charge in [0.25, 0.3) is 5.56 Å². The van der Waals surface area contributed by atoms with Crippen LogP contribution < -0.4 is 11.3 Å². The van der Waals surface area contributed by atoms with Crippen LogP contribution in [0.3, 0.4) is 0 Å². The zero-order chi connectivity index (χ0) is 15.6. The fraction of sp³-hybridized carbons (Fsp3) is 0.267. The van der Waals surface area contributed by atoms with E-state index in [9.17, 15) is 9.18 Å². The standard InChI is InChI=1S/C15H17FN4O/c1-9(2)8-20-15(21)12(14(17)18)7-13(19-20)10-3-5-11(16)6-4-10/h3-7,9H,8H2,1-2H3,(H3,17,18). The van der Waals surface area contributed by atoms with Gasteiger partial charge in [0.1, 0.15) is 11.7 Å². The van der Waals surface area contributed by atoms with Crippen LogP contribution in [0.4, 0.5) is 4.39 Å². The number of hydrogen-bond acceptors (Lipinski definition) is 3. The minimum Gasteiger partial charge on any atom is -0.384 e. The Morgan fingerprint density at radius 3 is 2.52 bits per heavy atom. The average Bonchev–Trinajstić information content (AvgIpc) is 2.41. The molecule has 5 nitrogen and oxygen atoms in total. The largest absolute Gasteiger partial charge is 0.384 e. The summed E-state index contributed by atoms with van der Waals surface area (Å²) in [5.74, 6) is -0.428. The van der Waals surface area contributed by atoms with Crippen molar-refractivity contribution in [2.75, 3.05) is 0 Å². The summed E-state index contributed by atoms with van der Waals surface area (Å²) < 4.78 is 14.3. The van der Waals surface area contributed by atoms with Crippen LogP contribution >= 0.6 is 0 Å². The van der Waals surface area contributed by atoms with Crippen molar-refractivity contribution in [3.63, 3.8) is 0 Å². The maximum atomic E-state index is 13.0. The van der Waals surface area contributed by atoms with Gasteiger partial charge in [0.2, 0.25) is 0 Å². The van der Waals surface area contributed by atoms with E-state index in [4.69, 9.17) is 11.1 Å². The molecule has 1 heterocycles. The molecule has 21 heavy (non-hydrogen) atoms. The van der Waals surface area contributed by atoms with Crippen molar-refractivity contribution in [2.45, 2.75) is 20.4 Å². The van der Waals surface area contributed by atoms with Gasteiger partial charge in [0.05, 0.1) is 11.3 Å². The maximum absolute atomic E-state index is 13.0. The van der Waals surface area contributed by atoms with Gasteiger partial charge in [-0.1, -0.05) is 13.8 Å². The van der Waals surface area contributed by atoms with E-state index in [1.165, 1.54) is 22.9 Å². The van der Waals surface area contributed by atoms with Crippen molar-refractivity contribution in [2.24, 2.45) is 11.7 Å². The highest BCUT2D eigenvalue weighted by Crippen LogP contribution is 2.17. The molecule has 0 spiro atoms. The number of aromatic nitrogens is 2. The topological polar surface area (TPSA) is 84.8 Å². The molecule has 2 rings (SSSR count). The summed E-state index contributed by atoms with van der Waals surface area (Å²) in [4.78, 5) is 12.2. The fourth-order valence-electron chi connectivity index (χ4n) is 1.97. The normalized spacial score (nSPS) is 10.9. The van der Waals surface area contributed by atoms with Crippen molar-refractivity contribution in [3.8, 4) is 11.3 Å². The van der Waals surface area contributed by atoms with Crippen LogP contribution in [0.1, 0.15) is 19.4 Å². The van der Waals surface area contributed by atoms with Crippen LogP contribution in [0, 0.1) is 17.1 Å². The molecule has 0 bridgehead atoms. The van der Waals surface area contributed by atoms with Crippen LogP contribution in [-0.2, 0) is 6.54 Å². The summed E-state index contributed by atoms with van der Waals surface area (Å²) in [7, 11) is 0. The zero-order valence-electron chi connectivity index (χ0n) is 11.9. The molecule has 0 amide bonds. The number of nitrogens with one attached hydrogen (secondary N) is 1. The molecule has 6 heteroatoms. The van der Waals surface area contributed by atoms with Gasteiger partial charge in [-0.2, -0.15) is 5.10 Å². The van der Waals surface area contributed by atoms with Crippen LogP contribution in [-0.4, -0.2) is 15.6 Å². The van der Waals surface area contributed by atoms with E-state index in [2.05, 4.69) is 5.10 Å². The van der Waals surface area contributed by atoms with E-state index in [1.807, 2.05) is 13.8 Å². The molecule has 3 N–H and O–H groups in total. The van der Waals surface area contributed by atoms with Gasteiger partial charge in [0.15, 0.2) is 0 Å². The van der Waals surface area contributed by atoms with Crippen molar-refractivity contribution >= 4 is 5.84 Å². The number of nitrogen functional groups attached to an aromatic ring is 1.